The zero-order chi connectivity index (χ0) is 27.0. The van der Waals surface area contributed by atoms with Crippen LogP contribution in [0.4, 0.5) is 5.69 Å². The summed E-state index contributed by atoms with van der Waals surface area (Å²) in [6, 6.07) is 27.7. The number of amides is 1. The lowest BCUT2D eigenvalue weighted by atomic mass is 9.90. The van der Waals surface area contributed by atoms with Crippen molar-refractivity contribution in [1.82, 2.24) is 0 Å². The van der Waals surface area contributed by atoms with Gasteiger partial charge < -0.3 is 14.7 Å². The van der Waals surface area contributed by atoms with E-state index in [0.29, 0.717) is 17.3 Å². The summed E-state index contributed by atoms with van der Waals surface area (Å²) in [5, 5.41) is 12.2. The molecule has 0 aromatic heterocycles. The van der Waals surface area contributed by atoms with Gasteiger partial charge in [-0.2, -0.15) is 0 Å². The van der Waals surface area contributed by atoms with Gasteiger partial charge in [0.1, 0.15) is 12.2 Å². The Morgan fingerprint density at radius 1 is 0.921 bits per heavy atom. The maximum absolute atomic E-state index is 13.8. The van der Waals surface area contributed by atoms with Gasteiger partial charge in [0.05, 0.1) is 6.42 Å². The van der Waals surface area contributed by atoms with Crippen molar-refractivity contribution in [2.24, 2.45) is 5.41 Å². The number of ether oxygens (including phenoxy) is 1. The highest BCUT2D eigenvalue weighted by Crippen LogP contribution is 2.43. The Balaban J connectivity index is 1.74. The summed E-state index contributed by atoms with van der Waals surface area (Å²) in [7, 11) is 0. The highest BCUT2D eigenvalue weighted by atomic mass is 35.5. The number of carboxylic acids is 1. The molecule has 1 aliphatic heterocycles. The fourth-order valence-corrected chi connectivity index (χ4v) is 5.35. The van der Waals surface area contributed by atoms with Crippen molar-refractivity contribution < 1.29 is 19.4 Å². The van der Waals surface area contributed by atoms with Crippen molar-refractivity contribution in [3.05, 3.63) is 101 Å². The lowest BCUT2D eigenvalue weighted by molar-refractivity contribution is -0.147. The number of hydrogen-bond donors (Lipinski definition) is 1. The molecule has 194 valence electrons. The van der Waals surface area contributed by atoms with Gasteiger partial charge in [0.15, 0.2) is 0 Å². The third-order valence-corrected chi connectivity index (χ3v) is 6.96. The molecular formula is C32H30ClNO4. The highest BCUT2D eigenvalue weighted by Gasteiger charge is 2.39. The van der Waals surface area contributed by atoms with Gasteiger partial charge >= 0.3 is 5.97 Å². The fraction of sp³-hybridized carbons (Fsp3) is 0.250. The van der Waals surface area contributed by atoms with E-state index in [2.05, 4.69) is 24.3 Å². The van der Waals surface area contributed by atoms with Crippen LogP contribution in [0.2, 0.25) is 5.02 Å². The van der Waals surface area contributed by atoms with E-state index in [1.165, 1.54) is 0 Å². The minimum Gasteiger partial charge on any atom is -0.481 e. The van der Waals surface area contributed by atoms with Gasteiger partial charge in [0.2, 0.25) is 0 Å². The Kier molecular flexibility index (Phi) is 6.99. The summed E-state index contributed by atoms with van der Waals surface area (Å²) in [6.07, 6.45) is -2.28. The zero-order valence-corrected chi connectivity index (χ0v) is 22.4. The van der Waals surface area contributed by atoms with Crippen LogP contribution in [0.5, 0.6) is 0 Å². The predicted octanol–water partition coefficient (Wildman–Crippen LogP) is 7.50. The molecule has 0 bridgehead atoms. The summed E-state index contributed by atoms with van der Waals surface area (Å²) in [4.78, 5) is 27.3. The molecule has 1 heterocycles. The molecule has 0 unspecified atom stereocenters. The molecule has 0 radical (unpaired) electrons. The van der Waals surface area contributed by atoms with Crippen LogP contribution in [0.3, 0.4) is 0 Å². The van der Waals surface area contributed by atoms with Crippen molar-refractivity contribution >= 4 is 39.9 Å². The highest BCUT2D eigenvalue weighted by molar-refractivity contribution is 6.30. The second kappa shape index (κ2) is 10.2. The van der Waals surface area contributed by atoms with Crippen LogP contribution in [0.15, 0.2) is 84.9 Å². The zero-order valence-electron chi connectivity index (χ0n) is 21.6. The number of hydrogen-bond acceptors (Lipinski definition) is 3. The number of halogens is 1. The van der Waals surface area contributed by atoms with Gasteiger partial charge in [-0.15, -0.1) is 0 Å². The van der Waals surface area contributed by atoms with Gasteiger partial charge in [-0.3, -0.25) is 9.59 Å². The molecule has 2 atom stereocenters. The average Bonchev–Trinajstić information content (AvgIpc) is 2.98. The molecule has 0 aliphatic carbocycles. The minimum atomic E-state index is -1.15. The molecule has 0 spiro atoms. The van der Waals surface area contributed by atoms with Crippen LogP contribution in [-0.4, -0.2) is 29.6 Å². The maximum Gasteiger partial charge on any atom is 0.306 e. The van der Waals surface area contributed by atoms with Crippen LogP contribution < -0.4 is 4.90 Å². The summed E-state index contributed by atoms with van der Waals surface area (Å²) < 4.78 is 6.47. The first kappa shape index (κ1) is 26.0. The maximum atomic E-state index is 13.8. The number of carbonyl (C=O) groups is 2. The van der Waals surface area contributed by atoms with Crippen LogP contribution in [0, 0.1) is 5.41 Å². The van der Waals surface area contributed by atoms with Crippen LogP contribution >= 0.6 is 11.6 Å². The molecule has 5 rings (SSSR count). The van der Waals surface area contributed by atoms with E-state index in [-0.39, 0.29) is 11.3 Å². The number of benzene rings is 4. The molecule has 1 aliphatic rings. The van der Waals surface area contributed by atoms with E-state index in [1.54, 1.807) is 11.0 Å². The normalized spacial score (nSPS) is 17.8. The van der Waals surface area contributed by atoms with Gasteiger partial charge in [0.25, 0.3) is 5.91 Å². The average molecular weight is 528 g/mol. The fourth-order valence-electron chi connectivity index (χ4n) is 5.17. The van der Waals surface area contributed by atoms with E-state index in [4.69, 9.17) is 16.3 Å². The van der Waals surface area contributed by atoms with Crippen molar-refractivity contribution in [2.45, 2.75) is 39.4 Å². The van der Waals surface area contributed by atoms with Crippen molar-refractivity contribution in [1.29, 1.82) is 0 Å². The Morgan fingerprint density at radius 3 is 2.34 bits per heavy atom. The SMILES string of the molecule is CC(C)(C)CN1C(=O)[C@@H](CC(=O)O)O[C@H](c2cccc3c(-c4ccccc4)cccc23)c2cc(Cl)ccc21. The molecule has 0 fully saturated rings. The van der Waals surface area contributed by atoms with E-state index in [9.17, 15) is 14.7 Å². The molecular weight excluding hydrogens is 498 g/mol. The lowest BCUT2D eigenvalue weighted by Gasteiger charge is -2.31. The van der Waals surface area contributed by atoms with Gasteiger partial charge in [-0.1, -0.05) is 99.1 Å². The Bertz CT molecular complexity index is 1510. The second-order valence-corrected chi connectivity index (χ2v) is 11.3. The summed E-state index contributed by atoms with van der Waals surface area (Å²) in [6.45, 7) is 6.53. The molecule has 4 aromatic rings. The quantitative estimate of drug-likeness (QED) is 0.292. The Morgan fingerprint density at radius 2 is 1.63 bits per heavy atom. The molecule has 4 aromatic carbocycles. The standard InChI is InChI=1S/C32H30ClNO4/c1-32(2,3)19-34-27-16-15-21(33)17-26(27)30(38-28(31(34)37)18-29(35)36)25-14-8-12-23-22(11-7-13-24(23)25)20-9-5-4-6-10-20/h4-17,28,30H,18-19H2,1-3H3,(H,35,36)/t28-,30-/m1/s1. The first-order valence-electron chi connectivity index (χ1n) is 12.7. The third kappa shape index (κ3) is 5.17. The number of fused-ring (bicyclic) bond motifs is 2. The number of anilines is 1. The molecule has 38 heavy (non-hydrogen) atoms. The largest absolute Gasteiger partial charge is 0.481 e. The van der Waals surface area contributed by atoms with Crippen molar-refractivity contribution in [2.75, 3.05) is 11.4 Å². The lowest BCUT2D eigenvalue weighted by Crippen LogP contribution is -2.44. The third-order valence-electron chi connectivity index (χ3n) is 6.72. The number of carboxylic acid groups (broad SMARTS) is 1. The number of aliphatic carboxylic acids is 1. The number of nitrogens with zero attached hydrogens (tertiary/aromatic N) is 1. The summed E-state index contributed by atoms with van der Waals surface area (Å²) in [5.41, 5.74) is 4.21. The van der Waals surface area contributed by atoms with Crippen LogP contribution in [-0.2, 0) is 14.3 Å². The molecule has 0 saturated carbocycles. The van der Waals surface area contributed by atoms with Gasteiger partial charge in [-0.05, 0) is 51.1 Å². The van der Waals surface area contributed by atoms with Crippen molar-refractivity contribution in [3.63, 3.8) is 0 Å². The second-order valence-electron chi connectivity index (χ2n) is 10.9. The number of rotatable bonds is 5. The van der Waals surface area contributed by atoms with E-state index >= 15 is 0 Å². The molecule has 0 saturated heterocycles. The Hall–Kier alpha value is -3.67. The first-order chi connectivity index (χ1) is 18.1. The topological polar surface area (TPSA) is 66.8 Å². The molecule has 5 nitrogen and oxygen atoms in total. The van der Waals surface area contributed by atoms with Crippen LogP contribution in [0.25, 0.3) is 21.9 Å². The number of carbonyl (C=O) groups excluding carboxylic acids is 1. The summed E-state index contributed by atoms with van der Waals surface area (Å²) in [5.74, 6) is -1.45. The smallest absolute Gasteiger partial charge is 0.306 e. The Labute approximate surface area is 227 Å². The predicted molar refractivity (Wildman–Crippen MR) is 152 cm³/mol. The van der Waals surface area contributed by atoms with Crippen molar-refractivity contribution in [3.8, 4) is 11.1 Å². The molecule has 6 heteroatoms. The van der Waals surface area contributed by atoms with E-state index in [0.717, 1.165) is 33.0 Å². The minimum absolute atomic E-state index is 0.232. The van der Waals surface area contributed by atoms with Gasteiger partial charge in [0, 0.05) is 22.8 Å². The molecule has 1 N–H and O–H groups in total. The molecule has 1 amide bonds. The summed E-state index contributed by atoms with van der Waals surface area (Å²) >= 11 is 6.49. The first-order valence-corrected chi connectivity index (χ1v) is 13.1. The monoisotopic (exact) mass is 527 g/mol. The van der Waals surface area contributed by atoms with E-state index < -0.39 is 24.6 Å². The van der Waals surface area contributed by atoms with Gasteiger partial charge in [-0.25, -0.2) is 0 Å². The van der Waals surface area contributed by atoms with Crippen LogP contribution in [0.1, 0.15) is 44.4 Å². The van der Waals surface area contributed by atoms with E-state index in [1.807, 2.05) is 75.4 Å².